The number of rotatable bonds is 6. The summed E-state index contributed by atoms with van der Waals surface area (Å²) in [6.45, 7) is 6.97. The Morgan fingerprint density at radius 2 is 1.80 bits per heavy atom. The third kappa shape index (κ3) is 4.24. The fourth-order valence-electron chi connectivity index (χ4n) is 4.34. The van der Waals surface area contributed by atoms with Crippen molar-refractivity contribution in [1.29, 1.82) is 0 Å². The Kier molecular flexibility index (Phi) is 6.13. The summed E-state index contributed by atoms with van der Waals surface area (Å²) in [5, 5.41) is 2.68. The highest BCUT2D eigenvalue weighted by Crippen LogP contribution is 2.28. The van der Waals surface area contributed by atoms with Gasteiger partial charge in [-0.25, -0.2) is 4.39 Å². The molecular formula is C24H28FN3O2. The molecule has 30 heavy (non-hydrogen) atoms. The van der Waals surface area contributed by atoms with Gasteiger partial charge in [0, 0.05) is 42.9 Å². The van der Waals surface area contributed by atoms with E-state index in [4.69, 9.17) is 0 Å². The van der Waals surface area contributed by atoms with Crippen LogP contribution in [0.1, 0.15) is 46.0 Å². The van der Waals surface area contributed by atoms with Crippen LogP contribution in [-0.4, -0.2) is 60.9 Å². The van der Waals surface area contributed by atoms with Gasteiger partial charge in [0.1, 0.15) is 5.82 Å². The van der Waals surface area contributed by atoms with Crippen LogP contribution in [0.3, 0.4) is 0 Å². The van der Waals surface area contributed by atoms with Gasteiger partial charge < -0.3 is 15.1 Å². The molecule has 2 aromatic carbocycles. The number of benzene rings is 2. The minimum atomic E-state index is -0.437. The molecule has 158 valence electrons. The van der Waals surface area contributed by atoms with Gasteiger partial charge in [-0.2, -0.15) is 0 Å². The molecular weight excluding hydrogens is 381 g/mol. The van der Waals surface area contributed by atoms with Crippen molar-refractivity contribution in [2.75, 3.05) is 39.3 Å². The van der Waals surface area contributed by atoms with Gasteiger partial charge >= 0.3 is 0 Å². The molecule has 5 nitrogen and oxygen atoms in total. The summed E-state index contributed by atoms with van der Waals surface area (Å²) < 4.78 is 14.7. The summed E-state index contributed by atoms with van der Waals surface area (Å²) in [7, 11) is 0. The highest BCUT2D eigenvalue weighted by atomic mass is 19.1. The second kappa shape index (κ2) is 8.96. The van der Waals surface area contributed by atoms with Crippen LogP contribution in [-0.2, 0) is 6.42 Å². The number of likely N-dealkylation sites (tertiary alicyclic amines) is 1. The molecule has 6 heteroatoms. The zero-order chi connectivity index (χ0) is 21.1. The first-order valence-corrected chi connectivity index (χ1v) is 10.8. The van der Waals surface area contributed by atoms with Crippen LogP contribution in [0.4, 0.5) is 4.39 Å². The number of carbonyl (C=O) groups is 2. The Labute approximate surface area is 176 Å². The van der Waals surface area contributed by atoms with E-state index >= 15 is 0 Å². The normalized spacial score (nSPS) is 16.6. The molecule has 0 aliphatic carbocycles. The number of hydrogen-bond donors (Lipinski definition) is 1. The Balaban J connectivity index is 1.49. The third-order valence-corrected chi connectivity index (χ3v) is 6.04. The zero-order valence-corrected chi connectivity index (χ0v) is 17.4. The van der Waals surface area contributed by atoms with Gasteiger partial charge in [0.15, 0.2) is 0 Å². The summed E-state index contributed by atoms with van der Waals surface area (Å²) in [6.07, 6.45) is 3.27. The van der Waals surface area contributed by atoms with E-state index in [0.717, 1.165) is 43.7 Å². The number of hydrogen-bond acceptors (Lipinski definition) is 3. The SMILES string of the molecule is CCNC(=O)c1ccc(-c2ccc3c(c2)CCN(CCN2CCCC2)C3=O)c(F)c1. The van der Waals surface area contributed by atoms with E-state index in [1.54, 1.807) is 18.2 Å². The molecule has 0 bridgehead atoms. The molecule has 2 heterocycles. The van der Waals surface area contributed by atoms with Crippen LogP contribution in [0.25, 0.3) is 11.1 Å². The van der Waals surface area contributed by atoms with Crippen LogP contribution in [0, 0.1) is 5.82 Å². The molecule has 0 aromatic heterocycles. The number of fused-ring (bicyclic) bond motifs is 1. The lowest BCUT2D eigenvalue weighted by molar-refractivity contribution is 0.0724. The Bertz CT molecular complexity index is 953. The van der Waals surface area contributed by atoms with Crippen LogP contribution >= 0.6 is 0 Å². The van der Waals surface area contributed by atoms with E-state index in [1.165, 1.54) is 18.9 Å². The van der Waals surface area contributed by atoms with Crippen molar-refractivity contribution < 1.29 is 14.0 Å². The first-order valence-electron chi connectivity index (χ1n) is 10.8. The second-order valence-electron chi connectivity index (χ2n) is 8.02. The summed E-state index contributed by atoms with van der Waals surface area (Å²) >= 11 is 0. The van der Waals surface area contributed by atoms with Gasteiger partial charge in [-0.1, -0.05) is 18.2 Å². The van der Waals surface area contributed by atoms with Crippen molar-refractivity contribution in [3.8, 4) is 11.1 Å². The molecule has 2 amide bonds. The maximum absolute atomic E-state index is 14.7. The van der Waals surface area contributed by atoms with Crippen LogP contribution in [0.5, 0.6) is 0 Å². The molecule has 4 rings (SSSR count). The van der Waals surface area contributed by atoms with E-state index < -0.39 is 5.82 Å². The minimum absolute atomic E-state index is 0.0639. The van der Waals surface area contributed by atoms with E-state index in [9.17, 15) is 14.0 Å². The van der Waals surface area contributed by atoms with Gasteiger partial charge in [0.05, 0.1) is 0 Å². The first-order chi connectivity index (χ1) is 14.6. The van der Waals surface area contributed by atoms with Crippen LogP contribution < -0.4 is 5.32 Å². The predicted octanol–water partition coefficient (Wildman–Crippen LogP) is 3.34. The largest absolute Gasteiger partial charge is 0.352 e. The van der Waals surface area contributed by atoms with Gasteiger partial charge in [0.2, 0.25) is 0 Å². The number of carbonyl (C=O) groups excluding carboxylic acids is 2. The van der Waals surface area contributed by atoms with Crippen LogP contribution in [0.15, 0.2) is 36.4 Å². The average Bonchev–Trinajstić information content (AvgIpc) is 3.27. The summed E-state index contributed by atoms with van der Waals surface area (Å²) in [4.78, 5) is 29.2. The smallest absolute Gasteiger partial charge is 0.254 e. The maximum atomic E-state index is 14.7. The quantitative estimate of drug-likeness (QED) is 0.796. The summed E-state index contributed by atoms with van der Waals surface area (Å²) in [6, 6.07) is 10.1. The maximum Gasteiger partial charge on any atom is 0.254 e. The number of halogens is 1. The molecule has 0 spiro atoms. The van der Waals surface area contributed by atoms with E-state index in [2.05, 4.69) is 10.2 Å². The van der Waals surface area contributed by atoms with Crippen molar-refractivity contribution in [3.63, 3.8) is 0 Å². The molecule has 1 N–H and O–H groups in total. The van der Waals surface area contributed by atoms with Gasteiger partial charge in [-0.05, 0) is 68.6 Å². The standard InChI is InChI=1S/C24H28FN3O2/c1-2-26-23(29)19-6-7-20(22(25)16-19)17-5-8-21-18(15-17)9-12-28(24(21)30)14-13-27-10-3-4-11-27/h5-8,15-16H,2-4,9-14H2,1H3,(H,26,29). The number of amides is 2. The van der Waals surface area contributed by atoms with Crippen LogP contribution in [0.2, 0.25) is 0 Å². The molecule has 0 radical (unpaired) electrons. The molecule has 0 unspecified atom stereocenters. The minimum Gasteiger partial charge on any atom is -0.352 e. The van der Waals surface area contributed by atoms with E-state index in [-0.39, 0.29) is 11.8 Å². The monoisotopic (exact) mass is 409 g/mol. The number of nitrogens with one attached hydrogen (secondary N) is 1. The molecule has 0 atom stereocenters. The average molecular weight is 410 g/mol. The highest BCUT2D eigenvalue weighted by Gasteiger charge is 2.25. The Morgan fingerprint density at radius 1 is 1.03 bits per heavy atom. The lowest BCUT2D eigenvalue weighted by atomic mass is 9.93. The first kappa shape index (κ1) is 20.5. The lowest BCUT2D eigenvalue weighted by Crippen LogP contribution is -2.42. The molecule has 2 aliphatic rings. The highest BCUT2D eigenvalue weighted by molar-refractivity contribution is 5.97. The van der Waals surface area contributed by atoms with Crippen molar-refractivity contribution in [2.45, 2.75) is 26.2 Å². The Hall–Kier alpha value is -2.73. The van der Waals surface area contributed by atoms with E-state index in [0.29, 0.717) is 29.8 Å². The van der Waals surface area contributed by atoms with Gasteiger partial charge in [-0.3, -0.25) is 9.59 Å². The van der Waals surface area contributed by atoms with Gasteiger partial charge in [0.25, 0.3) is 11.8 Å². The molecule has 1 fully saturated rings. The second-order valence-corrected chi connectivity index (χ2v) is 8.02. The van der Waals surface area contributed by atoms with Crippen molar-refractivity contribution in [2.24, 2.45) is 0 Å². The lowest BCUT2D eigenvalue weighted by Gasteiger charge is -2.30. The van der Waals surface area contributed by atoms with Gasteiger partial charge in [-0.15, -0.1) is 0 Å². The predicted molar refractivity (Wildman–Crippen MR) is 115 cm³/mol. The molecule has 2 aromatic rings. The van der Waals surface area contributed by atoms with Crippen molar-refractivity contribution >= 4 is 11.8 Å². The number of nitrogens with zero attached hydrogens (tertiary/aromatic N) is 2. The fourth-order valence-corrected chi connectivity index (χ4v) is 4.34. The topological polar surface area (TPSA) is 52.7 Å². The Morgan fingerprint density at radius 3 is 2.53 bits per heavy atom. The molecule has 2 aliphatic heterocycles. The summed E-state index contributed by atoms with van der Waals surface area (Å²) in [5.74, 6) is -0.657. The molecule has 0 saturated carbocycles. The van der Waals surface area contributed by atoms with Crippen molar-refractivity contribution in [3.05, 3.63) is 58.9 Å². The van der Waals surface area contributed by atoms with E-state index in [1.807, 2.05) is 24.0 Å². The molecule has 1 saturated heterocycles. The summed E-state index contributed by atoms with van der Waals surface area (Å²) in [5.41, 5.74) is 3.15. The van der Waals surface area contributed by atoms with Crippen molar-refractivity contribution in [1.82, 2.24) is 15.1 Å². The third-order valence-electron chi connectivity index (χ3n) is 6.04. The fraction of sp³-hybridized carbons (Fsp3) is 0.417. The zero-order valence-electron chi connectivity index (χ0n) is 17.4.